The maximum absolute atomic E-state index is 12.3. The van der Waals surface area contributed by atoms with Crippen LogP contribution in [0.25, 0.3) is 0 Å². The molecule has 1 fully saturated rings. The Hall–Kier alpha value is -1.65. The quantitative estimate of drug-likeness (QED) is 0.804. The molecule has 1 saturated carbocycles. The van der Waals surface area contributed by atoms with Crippen LogP contribution in [0.15, 0.2) is 12.2 Å². The zero-order valence-electron chi connectivity index (χ0n) is 12.6. The van der Waals surface area contributed by atoms with E-state index in [9.17, 15) is 14.4 Å². The van der Waals surface area contributed by atoms with Gasteiger partial charge in [0.05, 0.1) is 0 Å². The van der Waals surface area contributed by atoms with E-state index < -0.39 is 17.2 Å². The molecule has 0 aromatic rings. The minimum Gasteiger partial charge on any atom is -0.444 e. The predicted molar refractivity (Wildman–Crippen MR) is 75.4 cm³/mol. The molecule has 5 nitrogen and oxygen atoms in total. The minimum atomic E-state index is -0.922. The topological polar surface area (TPSA) is 72.5 Å². The number of nitrogens with one attached hydrogen (secondary N) is 1. The summed E-state index contributed by atoms with van der Waals surface area (Å²) in [4.78, 5) is 35.1. The van der Waals surface area contributed by atoms with Gasteiger partial charge in [-0.3, -0.25) is 9.59 Å². The van der Waals surface area contributed by atoms with Crippen molar-refractivity contribution in [3.63, 3.8) is 0 Å². The second-order valence-corrected chi connectivity index (χ2v) is 6.22. The largest absolute Gasteiger partial charge is 0.444 e. The lowest BCUT2D eigenvalue weighted by atomic mass is 9.91. The van der Waals surface area contributed by atoms with E-state index >= 15 is 0 Å². The first-order valence-electron chi connectivity index (χ1n) is 6.89. The number of ether oxygens (including phenoxy) is 1. The molecule has 5 heteroatoms. The number of alkyl carbamates (subject to hydrolysis) is 1. The maximum atomic E-state index is 12.3. The third-order valence-corrected chi connectivity index (χ3v) is 3.14. The van der Waals surface area contributed by atoms with Crippen LogP contribution in [0, 0.1) is 0 Å². The monoisotopic (exact) mass is 281 g/mol. The first-order chi connectivity index (χ1) is 9.15. The summed E-state index contributed by atoms with van der Waals surface area (Å²) >= 11 is 0. The van der Waals surface area contributed by atoms with Gasteiger partial charge in [-0.2, -0.15) is 0 Å². The van der Waals surface area contributed by atoms with Gasteiger partial charge < -0.3 is 10.1 Å². The van der Waals surface area contributed by atoms with Crippen molar-refractivity contribution in [2.75, 3.05) is 0 Å². The average molecular weight is 281 g/mol. The molecule has 0 saturated heterocycles. The van der Waals surface area contributed by atoms with E-state index in [2.05, 4.69) is 5.32 Å². The molecule has 20 heavy (non-hydrogen) atoms. The zero-order chi connectivity index (χ0) is 15.4. The Morgan fingerprint density at radius 2 is 1.65 bits per heavy atom. The molecule has 0 unspecified atom stereocenters. The van der Waals surface area contributed by atoms with E-state index in [0.717, 1.165) is 12.8 Å². The summed E-state index contributed by atoms with van der Waals surface area (Å²) in [7, 11) is 0. The molecule has 112 valence electrons. The summed E-state index contributed by atoms with van der Waals surface area (Å²) in [5, 5.41) is 2.70. The molecule has 0 aliphatic heterocycles. The summed E-state index contributed by atoms with van der Waals surface area (Å²) < 4.78 is 5.21. The van der Waals surface area contributed by atoms with Gasteiger partial charge >= 0.3 is 6.09 Å². The second kappa shape index (κ2) is 6.20. The highest BCUT2D eigenvalue weighted by Gasteiger charge is 2.41. The summed E-state index contributed by atoms with van der Waals surface area (Å²) in [6.07, 6.45) is 4.79. The standard InChI is InChI=1S/C15H23NO4/c1-11(17)7-8-12(18)15(9-5-6-10-15)16-13(19)20-14(2,3)4/h7-8H,5-6,9-10H2,1-4H3,(H,16,19)/b8-7-. The van der Waals surface area contributed by atoms with Gasteiger partial charge in [0, 0.05) is 0 Å². The Labute approximate surface area is 119 Å². The Balaban J connectivity index is 2.80. The number of carbonyl (C=O) groups is 3. The van der Waals surface area contributed by atoms with Gasteiger partial charge in [0.25, 0.3) is 0 Å². The van der Waals surface area contributed by atoms with Crippen LogP contribution in [0.4, 0.5) is 4.79 Å². The van der Waals surface area contributed by atoms with Crippen LogP contribution >= 0.6 is 0 Å². The number of amides is 1. The zero-order valence-corrected chi connectivity index (χ0v) is 12.6. The molecule has 1 N–H and O–H groups in total. The molecule has 0 aromatic carbocycles. The van der Waals surface area contributed by atoms with Crippen molar-refractivity contribution in [1.82, 2.24) is 5.32 Å². The Kier molecular flexibility index (Phi) is 5.09. The minimum absolute atomic E-state index is 0.191. The summed E-state index contributed by atoms with van der Waals surface area (Å²) in [6, 6.07) is 0. The summed E-state index contributed by atoms with van der Waals surface area (Å²) in [5.41, 5.74) is -1.53. The van der Waals surface area contributed by atoms with Crippen LogP contribution in [0.1, 0.15) is 53.4 Å². The van der Waals surface area contributed by atoms with Gasteiger partial charge in [0.15, 0.2) is 11.6 Å². The normalized spacial score (nSPS) is 18.0. The van der Waals surface area contributed by atoms with Crippen LogP contribution in [0.5, 0.6) is 0 Å². The predicted octanol–water partition coefficient (Wildman–Crippen LogP) is 2.54. The van der Waals surface area contributed by atoms with Crippen LogP contribution in [0.2, 0.25) is 0 Å². The van der Waals surface area contributed by atoms with Gasteiger partial charge in [-0.05, 0) is 52.7 Å². The third-order valence-electron chi connectivity index (χ3n) is 3.14. The highest BCUT2D eigenvalue weighted by molar-refractivity contribution is 6.04. The molecular weight excluding hydrogens is 258 g/mol. The Morgan fingerprint density at radius 3 is 2.10 bits per heavy atom. The lowest BCUT2D eigenvalue weighted by Gasteiger charge is -2.29. The SMILES string of the molecule is CC(=O)/C=C\C(=O)C1(NC(=O)OC(C)(C)C)CCCC1. The van der Waals surface area contributed by atoms with Crippen molar-refractivity contribution in [2.45, 2.75) is 64.5 Å². The van der Waals surface area contributed by atoms with Crippen molar-refractivity contribution < 1.29 is 19.1 Å². The Morgan fingerprint density at radius 1 is 1.10 bits per heavy atom. The smallest absolute Gasteiger partial charge is 0.408 e. The molecular formula is C15H23NO4. The second-order valence-electron chi connectivity index (χ2n) is 6.22. The van der Waals surface area contributed by atoms with Gasteiger partial charge in [0.1, 0.15) is 11.1 Å². The molecule has 1 aliphatic rings. The van der Waals surface area contributed by atoms with Gasteiger partial charge in [-0.15, -0.1) is 0 Å². The van der Waals surface area contributed by atoms with Crippen LogP contribution < -0.4 is 5.32 Å². The molecule has 0 bridgehead atoms. The highest BCUT2D eigenvalue weighted by Crippen LogP contribution is 2.31. The molecule has 1 rings (SSSR count). The fraction of sp³-hybridized carbons (Fsp3) is 0.667. The highest BCUT2D eigenvalue weighted by atomic mass is 16.6. The van der Waals surface area contributed by atoms with Crippen LogP contribution in [0.3, 0.4) is 0 Å². The summed E-state index contributed by atoms with van der Waals surface area (Å²) in [6.45, 7) is 6.69. The lowest BCUT2D eigenvalue weighted by molar-refractivity contribution is -0.121. The average Bonchev–Trinajstić information content (AvgIpc) is 2.72. The van der Waals surface area contributed by atoms with Crippen molar-refractivity contribution in [2.24, 2.45) is 0 Å². The molecule has 0 spiro atoms. The molecule has 0 aromatic heterocycles. The van der Waals surface area contributed by atoms with Crippen LogP contribution in [-0.2, 0) is 14.3 Å². The van der Waals surface area contributed by atoms with E-state index in [1.165, 1.54) is 19.1 Å². The number of ketones is 2. The molecule has 1 aliphatic carbocycles. The van der Waals surface area contributed by atoms with Crippen molar-refractivity contribution in [3.05, 3.63) is 12.2 Å². The fourth-order valence-electron chi connectivity index (χ4n) is 2.26. The van der Waals surface area contributed by atoms with Crippen LogP contribution in [-0.4, -0.2) is 28.8 Å². The number of carbonyl (C=O) groups excluding carboxylic acids is 3. The molecule has 0 atom stereocenters. The van der Waals surface area contributed by atoms with E-state index in [0.29, 0.717) is 12.8 Å². The van der Waals surface area contributed by atoms with Crippen molar-refractivity contribution >= 4 is 17.7 Å². The maximum Gasteiger partial charge on any atom is 0.408 e. The first kappa shape index (κ1) is 16.4. The summed E-state index contributed by atoms with van der Waals surface area (Å²) in [5.74, 6) is -0.431. The number of allylic oxidation sites excluding steroid dienone is 1. The number of rotatable bonds is 4. The van der Waals surface area contributed by atoms with E-state index in [1.807, 2.05) is 0 Å². The lowest BCUT2D eigenvalue weighted by Crippen LogP contribution is -2.53. The van der Waals surface area contributed by atoms with Crippen molar-refractivity contribution in [3.8, 4) is 0 Å². The van der Waals surface area contributed by atoms with Gasteiger partial charge in [-0.1, -0.05) is 12.8 Å². The van der Waals surface area contributed by atoms with Crippen molar-refractivity contribution in [1.29, 1.82) is 0 Å². The fourth-order valence-corrected chi connectivity index (χ4v) is 2.26. The Bertz CT molecular complexity index is 426. The number of hydrogen-bond acceptors (Lipinski definition) is 4. The van der Waals surface area contributed by atoms with E-state index in [-0.39, 0.29) is 11.6 Å². The van der Waals surface area contributed by atoms with Gasteiger partial charge in [-0.25, -0.2) is 4.79 Å². The molecule has 0 radical (unpaired) electrons. The number of hydrogen-bond donors (Lipinski definition) is 1. The van der Waals surface area contributed by atoms with E-state index in [4.69, 9.17) is 4.74 Å². The van der Waals surface area contributed by atoms with Gasteiger partial charge in [0.2, 0.25) is 0 Å². The van der Waals surface area contributed by atoms with E-state index in [1.54, 1.807) is 20.8 Å². The third kappa shape index (κ3) is 4.79. The molecule has 0 heterocycles. The molecule has 1 amide bonds. The first-order valence-corrected chi connectivity index (χ1v) is 6.89.